The first-order chi connectivity index (χ1) is 6.85. The smallest absolute Gasteiger partial charge is 0.147 e. The number of hydrogen-bond donors (Lipinski definition) is 1. The van der Waals surface area contributed by atoms with Crippen molar-refractivity contribution in [2.24, 2.45) is 0 Å². The number of rotatable bonds is 4. The Kier molecular flexibility index (Phi) is 3.42. The van der Waals surface area contributed by atoms with Gasteiger partial charge in [-0.3, -0.25) is 0 Å². The highest BCUT2D eigenvalue weighted by molar-refractivity contribution is 4.95. The molecule has 1 saturated heterocycles. The molecule has 0 aromatic carbocycles. The Morgan fingerprint density at radius 2 is 2.29 bits per heavy atom. The normalized spacial score (nSPS) is 31.1. The highest BCUT2D eigenvalue weighted by Crippen LogP contribution is 2.34. The fourth-order valence-corrected chi connectivity index (χ4v) is 2.25. The van der Waals surface area contributed by atoms with E-state index >= 15 is 0 Å². The van der Waals surface area contributed by atoms with Crippen LogP contribution >= 0.6 is 0 Å². The Hall–Kier alpha value is -0.120. The molecule has 1 unspecified atom stereocenters. The van der Waals surface area contributed by atoms with E-state index in [-0.39, 0.29) is 0 Å². The minimum Gasteiger partial charge on any atom is -0.355 e. The molecule has 0 radical (unpaired) electrons. The molecule has 0 spiro atoms. The summed E-state index contributed by atoms with van der Waals surface area (Å²) in [4.78, 5) is 0. The van der Waals surface area contributed by atoms with E-state index in [1.54, 1.807) is 0 Å². The Labute approximate surface area is 86.2 Å². The third-order valence-electron chi connectivity index (χ3n) is 3.66. The second-order valence-electron chi connectivity index (χ2n) is 4.47. The van der Waals surface area contributed by atoms with Gasteiger partial charge in [0.1, 0.15) is 6.79 Å². The summed E-state index contributed by atoms with van der Waals surface area (Å²) in [6.45, 7) is 4.60. The molecule has 1 N–H and O–H groups in total. The molecule has 1 heterocycles. The van der Waals surface area contributed by atoms with Gasteiger partial charge in [-0.05, 0) is 32.1 Å². The summed E-state index contributed by atoms with van der Waals surface area (Å²) in [6.07, 6.45) is 6.71. The van der Waals surface area contributed by atoms with Crippen LogP contribution in [0, 0.1) is 0 Å². The fraction of sp³-hybridized carbons (Fsp3) is 1.00. The molecule has 1 aliphatic heterocycles. The SMILES string of the molecule is CCC1(NCC2CCOCO2)CCC1. The van der Waals surface area contributed by atoms with Crippen LogP contribution in [0.4, 0.5) is 0 Å². The summed E-state index contributed by atoms with van der Waals surface area (Å²) in [5.74, 6) is 0. The van der Waals surface area contributed by atoms with Crippen molar-refractivity contribution in [1.82, 2.24) is 5.32 Å². The predicted molar refractivity (Wildman–Crippen MR) is 55.2 cm³/mol. The molecular formula is C11H21NO2. The summed E-state index contributed by atoms with van der Waals surface area (Å²) >= 11 is 0. The zero-order valence-electron chi connectivity index (χ0n) is 9.05. The highest BCUT2D eigenvalue weighted by atomic mass is 16.7. The molecule has 1 aliphatic carbocycles. The Morgan fingerprint density at radius 1 is 1.43 bits per heavy atom. The Balaban J connectivity index is 1.69. The van der Waals surface area contributed by atoms with Crippen LogP contribution in [0.25, 0.3) is 0 Å². The first kappa shape index (κ1) is 10.4. The lowest BCUT2D eigenvalue weighted by molar-refractivity contribution is -0.139. The van der Waals surface area contributed by atoms with Crippen molar-refractivity contribution in [3.8, 4) is 0 Å². The summed E-state index contributed by atoms with van der Waals surface area (Å²) < 4.78 is 10.7. The molecular weight excluding hydrogens is 178 g/mol. The van der Waals surface area contributed by atoms with Gasteiger partial charge < -0.3 is 14.8 Å². The summed E-state index contributed by atoms with van der Waals surface area (Å²) in [5, 5.41) is 3.67. The van der Waals surface area contributed by atoms with Gasteiger partial charge in [0.05, 0.1) is 12.7 Å². The molecule has 82 valence electrons. The summed E-state index contributed by atoms with van der Waals surface area (Å²) in [5.41, 5.74) is 0.446. The average Bonchev–Trinajstić information content (AvgIpc) is 2.19. The van der Waals surface area contributed by atoms with Crippen LogP contribution in [-0.2, 0) is 9.47 Å². The van der Waals surface area contributed by atoms with Crippen molar-refractivity contribution < 1.29 is 9.47 Å². The first-order valence-corrected chi connectivity index (χ1v) is 5.79. The van der Waals surface area contributed by atoms with Gasteiger partial charge in [0.2, 0.25) is 0 Å². The van der Waals surface area contributed by atoms with E-state index in [0.29, 0.717) is 18.4 Å². The second-order valence-corrected chi connectivity index (χ2v) is 4.47. The molecule has 0 aromatic rings. The van der Waals surface area contributed by atoms with Crippen molar-refractivity contribution in [3.63, 3.8) is 0 Å². The van der Waals surface area contributed by atoms with Crippen molar-refractivity contribution in [1.29, 1.82) is 0 Å². The highest BCUT2D eigenvalue weighted by Gasteiger charge is 2.35. The van der Waals surface area contributed by atoms with Gasteiger partial charge in [0, 0.05) is 12.1 Å². The van der Waals surface area contributed by atoms with Crippen LogP contribution in [0.1, 0.15) is 39.0 Å². The molecule has 14 heavy (non-hydrogen) atoms. The van der Waals surface area contributed by atoms with E-state index in [2.05, 4.69) is 12.2 Å². The van der Waals surface area contributed by atoms with Crippen LogP contribution < -0.4 is 5.32 Å². The maximum absolute atomic E-state index is 5.50. The zero-order valence-corrected chi connectivity index (χ0v) is 9.05. The Bertz CT molecular complexity index is 169. The molecule has 0 amide bonds. The molecule has 3 nitrogen and oxygen atoms in total. The van der Waals surface area contributed by atoms with E-state index in [1.165, 1.54) is 25.7 Å². The summed E-state index contributed by atoms with van der Waals surface area (Å²) in [7, 11) is 0. The van der Waals surface area contributed by atoms with E-state index < -0.39 is 0 Å². The number of ether oxygens (including phenoxy) is 2. The van der Waals surface area contributed by atoms with Gasteiger partial charge in [-0.25, -0.2) is 0 Å². The van der Waals surface area contributed by atoms with Crippen LogP contribution in [0.2, 0.25) is 0 Å². The van der Waals surface area contributed by atoms with E-state index in [1.807, 2.05) is 0 Å². The van der Waals surface area contributed by atoms with Gasteiger partial charge in [0.25, 0.3) is 0 Å². The average molecular weight is 199 g/mol. The zero-order chi connectivity index (χ0) is 9.86. The van der Waals surface area contributed by atoms with Gasteiger partial charge in [-0.1, -0.05) is 6.92 Å². The fourth-order valence-electron chi connectivity index (χ4n) is 2.25. The van der Waals surface area contributed by atoms with Crippen molar-refractivity contribution in [2.45, 2.75) is 50.7 Å². The van der Waals surface area contributed by atoms with Gasteiger partial charge in [-0.15, -0.1) is 0 Å². The molecule has 1 atom stereocenters. The maximum Gasteiger partial charge on any atom is 0.147 e. The third kappa shape index (κ3) is 2.27. The number of hydrogen-bond acceptors (Lipinski definition) is 3. The van der Waals surface area contributed by atoms with Crippen molar-refractivity contribution >= 4 is 0 Å². The molecule has 0 bridgehead atoms. The number of nitrogens with one attached hydrogen (secondary N) is 1. The maximum atomic E-state index is 5.50. The lowest BCUT2D eigenvalue weighted by Crippen LogP contribution is -2.53. The van der Waals surface area contributed by atoms with Gasteiger partial charge in [0.15, 0.2) is 0 Å². The molecule has 2 rings (SSSR count). The van der Waals surface area contributed by atoms with Crippen LogP contribution in [0.15, 0.2) is 0 Å². The monoisotopic (exact) mass is 199 g/mol. The topological polar surface area (TPSA) is 30.5 Å². The van der Waals surface area contributed by atoms with Crippen LogP contribution in [-0.4, -0.2) is 31.6 Å². The first-order valence-electron chi connectivity index (χ1n) is 5.79. The van der Waals surface area contributed by atoms with E-state index in [4.69, 9.17) is 9.47 Å². The standard InChI is InChI=1S/C11H21NO2/c1-2-11(5-3-6-11)12-8-10-4-7-13-9-14-10/h10,12H,2-9H2,1H3. The quantitative estimate of drug-likeness (QED) is 0.747. The van der Waals surface area contributed by atoms with Gasteiger partial charge >= 0.3 is 0 Å². The molecule has 3 heteroatoms. The largest absolute Gasteiger partial charge is 0.355 e. The minimum atomic E-state index is 0.368. The molecule has 2 fully saturated rings. The lowest BCUT2D eigenvalue weighted by atomic mass is 9.75. The van der Waals surface area contributed by atoms with Crippen LogP contribution in [0.3, 0.4) is 0 Å². The second kappa shape index (κ2) is 4.60. The Morgan fingerprint density at radius 3 is 2.79 bits per heavy atom. The van der Waals surface area contributed by atoms with Crippen molar-refractivity contribution in [3.05, 3.63) is 0 Å². The minimum absolute atomic E-state index is 0.368. The molecule has 0 aromatic heterocycles. The molecule has 2 aliphatic rings. The third-order valence-corrected chi connectivity index (χ3v) is 3.66. The summed E-state index contributed by atoms with van der Waals surface area (Å²) in [6, 6.07) is 0. The lowest BCUT2D eigenvalue weighted by Gasteiger charge is -2.43. The predicted octanol–water partition coefficient (Wildman–Crippen LogP) is 1.67. The van der Waals surface area contributed by atoms with E-state index in [9.17, 15) is 0 Å². The van der Waals surface area contributed by atoms with Crippen molar-refractivity contribution in [2.75, 3.05) is 19.9 Å². The van der Waals surface area contributed by atoms with E-state index in [0.717, 1.165) is 19.6 Å². The van der Waals surface area contributed by atoms with Crippen LogP contribution in [0.5, 0.6) is 0 Å². The molecule has 1 saturated carbocycles. The van der Waals surface area contributed by atoms with Gasteiger partial charge in [-0.2, -0.15) is 0 Å².